The summed E-state index contributed by atoms with van der Waals surface area (Å²) in [7, 11) is 1.55. The Bertz CT molecular complexity index is 486. The van der Waals surface area contributed by atoms with Gasteiger partial charge in [0.05, 0.1) is 5.69 Å². The molecule has 0 aromatic carbocycles. The Hall–Kier alpha value is -1.91. The summed E-state index contributed by atoms with van der Waals surface area (Å²) in [5, 5.41) is 12.6. The van der Waals surface area contributed by atoms with E-state index < -0.39 is 5.97 Å². The number of hydrogen-bond acceptors (Lipinski definition) is 3. The standard InChI is InChI=1S/C11H14N2O3/c1-7(2)9-6-8(4-5-10(14)15)11(16)13(3)12-9/h4-7H,1-3H3,(H,14,15)/b5-4+. The molecule has 16 heavy (non-hydrogen) atoms. The van der Waals surface area contributed by atoms with Gasteiger partial charge in [-0.2, -0.15) is 5.10 Å². The van der Waals surface area contributed by atoms with E-state index >= 15 is 0 Å². The average Bonchev–Trinajstić information content (AvgIpc) is 2.19. The molecule has 0 unspecified atom stereocenters. The highest BCUT2D eigenvalue weighted by Crippen LogP contribution is 2.10. The molecule has 5 nitrogen and oxygen atoms in total. The van der Waals surface area contributed by atoms with Crippen LogP contribution in [-0.2, 0) is 11.8 Å². The van der Waals surface area contributed by atoms with E-state index in [1.165, 1.54) is 10.8 Å². The van der Waals surface area contributed by atoms with E-state index in [9.17, 15) is 9.59 Å². The minimum atomic E-state index is -1.08. The Morgan fingerprint density at radius 2 is 2.19 bits per heavy atom. The maximum absolute atomic E-state index is 11.6. The summed E-state index contributed by atoms with van der Waals surface area (Å²) < 4.78 is 1.22. The zero-order valence-corrected chi connectivity index (χ0v) is 9.47. The Morgan fingerprint density at radius 3 is 2.69 bits per heavy atom. The fraction of sp³-hybridized carbons (Fsp3) is 0.364. The fourth-order valence-electron chi connectivity index (χ4n) is 1.22. The van der Waals surface area contributed by atoms with Crippen LogP contribution < -0.4 is 5.56 Å². The van der Waals surface area contributed by atoms with Crippen molar-refractivity contribution in [3.05, 3.63) is 33.8 Å². The van der Waals surface area contributed by atoms with E-state index in [4.69, 9.17) is 5.11 Å². The molecule has 0 radical (unpaired) electrons. The quantitative estimate of drug-likeness (QED) is 0.774. The molecule has 1 heterocycles. The van der Waals surface area contributed by atoms with Crippen LogP contribution in [-0.4, -0.2) is 20.9 Å². The molecule has 0 fully saturated rings. The lowest BCUT2D eigenvalue weighted by Crippen LogP contribution is -2.23. The van der Waals surface area contributed by atoms with Gasteiger partial charge in [0.15, 0.2) is 0 Å². The summed E-state index contributed by atoms with van der Waals surface area (Å²) in [4.78, 5) is 22.0. The van der Waals surface area contributed by atoms with Crippen molar-refractivity contribution in [3.8, 4) is 0 Å². The third kappa shape index (κ3) is 2.79. The van der Waals surface area contributed by atoms with Crippen molar-refractivity contribution < 1.29 is 9.90 Å². The van der Waals surface area contributed by atoms with Crippen molar-refractivity contribution >= 4 is 12.0 Å². The third-order valence-corrected chi connectivity index (χ3v) is 2.11. The zero-order chi connectivity index (χ0) is 12.3. The van der Waals surface area contributed by atoms with Crippen molar-refractivity contribution in [1.29, 1.82) is 0 Å². The molecule has 0 amide bonds. The number of rotatable bonds is 3. The molecule has 0 spiro atoms. The molecule has 1 N–H and O–H groups in total. The van der Waals surface area contributed by atoms with Gasteiger partial charge in [-0.15, -0.1) is 0 Å². The van der Waals surface area contributed by atoms with Crippen LogP contribution >= 0.6 is 0 Å². The van der Waals surface area contributed by atoms with Crippen molar-refractivity contribution in [2.75, 3.05) is 0 Å². The number of aromatic nitrogens is 2. The molecule has 0 bridgehead atoms. The van der Waals surface area contributed by atoms with Gasteiger partial charge in [0, 0.05) is 18.7 Å². The van der Waals surface area contributed by atoms with Gasteiger partial charge in [0.1, 0.15) is 0 Å². The average molecular weight is 222 g/mol. The van der Waals surface area contributed by atoms with Crippen molar-refractivity contribution in [1.82, 2.24) is 9.78 Å². The van der Waals surface area contributed by atoms with Crippen LogP contribution in [0.15, 0.2) is 16.9 Å². The minimum absolute atomic E-state index is 0.184. The predicted octanol–water partition coefficient (Wildman–Crippen LogP) is 1.00. The summed E-state index contributed by atoms with van der Waals surface area (Å²) in [6, 6.07) is 1.62. The van der Waals surface area contributed by atoms with Crippen LogP contribution in [0.25, 0.3) is 6.08 Å². The molecule has 0 aliphatic heterocycles. The van der Waals surface area contributed by atoms with Gasteiger partial charge in [-0.1, -0.05) is 13.8 Å². The molecule has 1 aromatic heterocycles. The largest absolute Gasteiger partial charge is 0.478 e. The summed E-state index contributed by atoms with van der Waals surface area (Å²) in [5.41, 5.74) is 0.789. The van der Waals surface area contributed by atoms with Crippen LogP contribution in [0, 0.1) is 0 Å². The number of aliphatic carboxylic acids is 1. The second-order valence-electron chi connectivity index (χ2n) is 3.78. The first kappa shape index (κ1) is 12.2. The topological polar surface area (TPSA) is 72.2 Å². The lowest BCUT2D eigenvalue weighted by molar-refractivity contribution is -0.131. The maximum Gasteiger partial charge on any atom is 0.328 e. The van der Waals surface area contributed by atoms with Gasteiger partial charge in [-0.3, -0.25) is 4.79 Å². The van der Waals surface area contributed by atoms with Gasteiger partial charge < -0.3 is 5.11 Å². The maximum atomic E-state index is 11.6. The summed E-state index contributed by atoms with van der Waals surface area (Å²) in [5.74, 6) is -0.895. The van der Waals surface area contributed by atoms with Gasteiger partial charge >= 0.3 is 5.97 Å². The van der Waals surface area contributed by atoms with E-state index in [1.807, 2.05) is 13.8 Å². The van der Waals surface area contributed by atoms with E-state index in [0.717, 1.165) is 11.8 Å². The number of nitrogens with zero attached hydrogens (tertiary/aromatic N) is 2. The third-order valence-electron chi connectivity index (χ3n) is 2.11. The van der Waals surface area contributed by atoms with Gasteiger partial charge in [0.2, 0.25) is 0 Å². The van der Waals surface area contributed by atoms with Crippen LogP contribution in [0.3, 0.4) is 0 Å². The molecule has 0 saturated heterocycles. The number of carboxylic acid groups (broad SMARTS) is 1. The van der Waals surface area contributed by atoms with Gasteiger partial charge in [-0.25, -0.2) is 9.48 Å². The van der Waals surface area contributed by atoms with Crippen molar-refractivity contribution in [2.45, 2.75) is 19.8 Å². The SMILES string of the molecule is CC(C)c1cc(/C=C/C(=O)O)c(=O)n(C)n1. The van der Waals surface area contributed by atoms with Crippen LogP contribution in [0.1, 0.15) is 31.0 Å². The minimum Gasteiger partial charge on any atom is -0.478 e. The van der Waals surface area contributed by atoms with Crippen LogP contribution in [0.5, 0.6) is 0 Å². The Balaban J connectivity index is 3.27. The predicted molar refractivity (Wildman–Crippen MR) is 60.2 cm³/mol. The molecule has 0 atom stereocenters. The number of carbonyl (C=O) groups is 1. The highest BCUT2D eigenvalue weighted by molar-refractivity contribution is 5.85. The van der Waals surface area contributed by atoms with Crippen LogP contribution in [0.2, 0.25) is 0 Å². The van der Waals surface area contributed by atoms with E-state index in [1.54, 1.807) is 13.1 Å². The number of carboxylic acids is 1. The van der Waals surface area contributed by atoms with Crippen molar-refractivity contribution in [2.24, 2.45) is 7.05 Å². The second-order valence-corrected chi connectivity index (χ2v) is 3.78. The second kappa shape index (κ2) is 4.74. The zero-order valence-electron chi connectivity index (χ0n) is 9.47. The van der Waals surface area contributed by atoms with Crippen molar-refractivity contribution in [3.63, 3.8) is 0 Å². The molecule has 86 valence electrons. The highest BCUT2D eigenvalue weighted by atomic mass is 16.4. The lowest BCUT2D eigenvalue weighted by atomic mass is 10.1. The molecule has 5 heteroatoms. The Kier molecular flexibility index (Phi) is 3.60. The Morgan fingerprint density at radius 1 is 1.56 bits per heavy atom. The number of hydrogen-bond donors (Lipinski definition) is 1. The first-order valence-electron chi connectivity index (χ1n) is 4.91. The molecule has 0 aliphatic rings. The molecule has 1 aromatic rings. The molecule has 1 rings (SSSR count). The van der Waals surface area contributed by atoms with E-state index in [-0.39, 0.29) is 11.5 Å². The van der Waals surface area contributed by atoms with E-state index in [0.29, 0.717) is 5.56 Å². The molecular weight excluding hydrogens is 208 g/mol. The summed E-state index contributed by atoms with van der Waals surface area (Å²) >= 11 is 0. The molecular formula is C11H14N2O3. The van der Waals surface area contributed by atoms with Crippen LogP contribution in [0.4, 0.5) is 0 Å². The molecule has 0 aliphatic carbocycles. The highest BCUT2D eigenvalue weighted by Gasteiger charge is 2.07. The summed E-state index contributed by atoms with van der Waals surface area (Å²) in [6.45, 7) is 3.91. The molecule has 0 saturated carbocycles. The smallest absolute Gasteiger partial charge is 0.328 e. The fourth-order valence-corrected chi connectivity index (χ4v) is 1.22. The van der Waals surface area contributed by atoms with Gasteiger partial charge in [-0.05, 0) is 18.1 Å². The lowest BCUT2D eigenvalue weighted by Gasteiger charge is -2.07. The normalized spacial score (nSPS) is 11.2. The van der Waals surface area contributed by atoms with E-state index in [2.05, 4.69) is 5.10 Å². The first-order valence-corrected chi connectivity index (χ1v) is 4.91. The summed E-state index contributed by atoms with van der Waals surface area (Å²) in [6.07, 6.45) is 2.24. The number of aryl methyl sites for hydroxylation is 1. The van der Waals surface area contributed by atoms with Gasteiger partial charge in [0.25, 0.3) is 5.56 Å². The monoisotopic (exact) mass is 222 g/mol. The Labute approximate surface area is 93.0 Å². The first-order chi connectivity index (χ1) is 7.41.